The van der Waals surface area contributed by atoms with E-state index in [1.165, 1.54) is 31.5 Å². The van der Waals surface area contributed by atoms with E-state index < -0.39 is 0 Å². The van der Waals surface area contributed by atoms with Gasteiger partial charge < -0.3 is 10.2 Å². The van der Waals surface area contributed by atoms with Crippen LogP contribution in [0, 0.1) is 5.92 Å². The predicted molar refractivity (Wildman–Crippen MR) is 77.7 cm³/mol. The van der Waals surface area contributed by atoms with Crippen LogP contribution in [0.5, 0.6) is 0 Å². The van der Waals surface area contributed by atoms with E-state index in [2.05, 4.69) is 61.4 Å². The zero-order valence-corrected chi connectivity index (χ0v) is 11.9. The highest BCUT2D eigenvalue weighted by atomic mass is 15.1. The van der Waals surface area contributed by atoms with Crippen molar-refractivity contribution >= 4 is 0 Å². The monoisotopic (exact) mass is 246 g/mol. The van der Waals surface area contributed by atoms with E-state index in [4.69, 9.17) is 0 Å². The lowest BCUT2D eigenvalue weighted by Crippen LogP contribution is -2.41. The first-order chi connectivity index (χ1) is 8.66. The lowest BCUT2D eigenvalue weighted by Gasteiger charge is -2.34. The SMILES string of the molecule is CC(N[C@@H](C)c1ccccc1)C1CCN(C)CC1. The molecule has 2 atom stereocenters. The van der Waals surface area contributed by atoms with Crippen molar-refractivity contribution in [2.45, 2.75) is 38.8 Å². The van der Waals surface area contributed by atoms with Gasteiger partial charge in [-0.05, 0) is 58.3 Å². The molecule has 1 saturated heterocycles. The Labute approximate surface area is 111 Å². The Kier molecular flexibility index (Phi) is 4.79. The smallest absolute Gasteiger partial charge is 0.0294 e. The number of nitrogens with zero attached hydrogens (tertiary/aromatic N) is 1. The van der Waals surface area contributed by atoms with E-state index in [1.54, 1.807) is 0 Å². The van der Waals surface area contributed by atoms with Crippen molar-refractivity contribution < 1.29 is 0 Å². The minimum atomic E-state index is 0.445. The van der Waals surface area contributed by atoms with Gasteiger partial charge in [0.2, 0.25) is 0 Å². The molecule has 0 radical (unpaired) electrons. The van der Waals surface area contributed by atoms with Crippen LogP contribution in [0.2, 0.25) is 0 Å². The van der Waals surface area contributed by atoms with Crippen LogP contribution >= 0.6 is 0 Å². The minimum absolute atomic E-state index is 0.445. The summed E-state index contributed by atoms with van der Waals surface area (Å²) in [5, 5.41) is 3.76. The van der Waals surface area contributed by atoms with Crippen LogP contribution in [-0.2, 0) is 0 Å². The molecule has 1 aromatic rings. The van der Waals surface area contributed by atoms with Gasteiger partial charge in [-0.1, -0.05) is 30.3 Å². The van der Waals surface area contributed by atoms with Gasteiger partial charge in [-0.15, -0.1) is 0 Å². The van der Waals surface area contributed by atoms with E-state index >= 15 is 0 Å². The Balaban J connectivity index is 1.85. The van der Waals surface area contributed by atoms with E-state index in [0.717, 1.165) is 5.92 Å². The van der Waals surface area contributed by atoms with Crippen LogP contribution in [0.25, 0.3) is 0 Å². The van der Waals surface area contributed by atoms with E-state index in [-0.39, 0.29) is 0 Å². The van der Waals surface area contributed by atoms with Crippen molar-refractivity contribution in [1.29, 1.82) is 0 Å². The first-order valence-corrected chi connectivity index (χ1v) is 7.16. The first kappa shape index (κ1) is 13.6. The number of hydrogen-bond donors (Lipinski definition) is 1. The van der Waals surface area contributed by atoms with Crippen LogP contribution in [-0.4, -0.2) is 31.1 Å². The van der Waals surface area contributed by atoms with E-state index in [9.17, 15) is 0 Å². The van der Waals surface area contributed by atoms with Crippen LogP contribution in [0.4, 0.5) is 0 Å². The molecule has 18 heavy (non-hydrogen) atoms. The molecule has 1 aromatic carbocycles. The molecule has 1 aliphatic heterocycles. The van der Waals surface area contributed by atoms with Crippen molar-refractivity contribution in [3.8, 4) is 0 Å². The predicted octanol–water partition coefficient (Wildman–Crippen LogP) is 3.07. The van der Waals surface area contributed by atoms with Crippen molar-refractivity contribution in [3.63, 3.8) is 0 Å². The second kappa shape index (κ2) is 6.35. The standard InChI is InChI=1S/C16H26N2/c1-13(15-7-5-4-6-8-15)17-14(2)16-9-11-18(3)12-10-16/h4-8,13-14,16-17H,9-12H2,1-3H3/t13-,14?/m0/s1. The fourth-order valence-electron chi connectivity index (χ4n) is 2.90. The largest absolute Gasteiger partial charge is 0.307 e. The summed E-state index contributed by atoms with van der Waals surface area (Å²) in [4.78, 5) is 2.43. The van der Waals surface area contributed by atoms with Crippen LogP contribution in [0.1, 0.15) is 38.3 Å². The number of nitrogens with one attached hydrogen (secondary N) is 1. The summed E-state index contributed by atoms with van der Waals surface area (Å²) in [5.41, 5.74) is 1.39. The van der Waals surface area contributed by atoms with Gasteiger partial charge in [0.25, 0.3) is 0 Å². The van der Waals surface area contributed by atoms with Crippen molar-refractivity contribution in [3.05, 3.63) is 35.9 Å². The molecule has 2 heteroatoms. The second-order valence-corrected chi connectivity index (χ2v) is 5.73. The molecule has 1 heterocycles. The Morgan fingerprint density at radius 3 is 2.33 bits per heavy atom. The average Bonchev–Trinajstić information content (AvgIpc) is 2.40. The Bertz CT molecular complexity index is 341. The summed E-state index contributed by atoms with van der Waals surface area (Å²) in [6.07, 6.45) is 2.65. The molecule has 2 nitrogen and oxygen atoms in total. The number of hydrogen-bond acceptors (Lipinski definition) is 2. The molecule has 1 N–H and O–H groups in total. The summed E-state index contributed by atoms with van der Waals surface area (Å²) in [7, 11) is 2.22. The Hall–Kier alpha value is -0.860. The lowest BCUT2D eigenvalue weighted by atomic mass is 9.90. The molecular weight excluding hydrogens is 220 g/mol. The van der Waals surface area contributed by atoms with Crippen molar-refractivity contribution in [2.24, 2.45) is 5.92 Å². The van der Waals surface area contributed by atoms with Gasteiger partial charge in [0, 0.05) is 12.1 Å². The van der Waals surface area contributed by atoms with Crippen LogP contribution in [0.3, 0.4) is 0 Å². The fourth-order valence-corrected chi connectivity index (χ4v) is 2.90. The van der Waals surface area contributed by atoms with Gasteiger partial charge in [-0.25, -0.2) is 0 Å². The normalized spacial score (nSPS) is 21.7. The molecular formula is C16H26N2. The van der Waals surface area contributed by atoms with Gasteiger partial charge in [0.15, 0.2) is 0 Å². The highest BCUT2D eigenvalue weighted by Crippen LogP contribution is 2.22. The minimum Gasteiger partial charge on any atom is -0.307 e. The molecule has 1 aliphatic rings. The third-order valence-electron chi connectivity index (χ3n) is 4.28. The summed E-state index contributed by atoms with van der Waals surface area (Å²) >= 11 is 0. The van der Waals surface area contributed by atoms with Gasteiger partial charge in [0.05, 0.1) is 0 Å². The zero-order valence-electron chi connectivity index (χ0n) is 11.9. The number of likely N-dealkylation sites (tertiary alicyclic amines) is 1. The number of benzene rings is 1. The van der Waals surface area contributed by atoms with Gasteiger partial charge in [0.1, 0.15) is 0 Å². The topological polar surface area (TPSA) is 15.3 Å². The van der Waals surface area contributed by atoms with Crippen LogP contribution in [0.15, 0.2) is 30.3 Å². The summed E-state index contributed by atoms with van der Waals surface area (Å²) < 4.78 is 0. The first-order valence-electron chi connectivity index (χ1n) is 7.16. The van der Waals surface area contributed by atoms with Crippen molar-refractivity contribution in [2.75, 3.05) is 20.1 Å². The maximum Gasteiger partial charge on any atom is 0.0294 e. The molecule has 1 unspecified atom stereocenters. The zero-order chi connectivity index (χ0) is 13.0. The Morgan fingerprint density at radius 2 is 1.72 bits per heavy atom. The molecule has 0 spiro atoms. The lowest BCUT2D eigenvalue weighted by molar-refractivity contribution is 0.185. The summed E-state index contributed by atoms with van der Waals surface area (Å²) in [5.74, 6) is 0.826. The fraction of sp³-hybridized carbons (Fsp3) is 0.625. The molecule has 0 saturated carbocycles. The molecule has 0 aromatic heterocycles. The molecule has 0 amide bonds. The summed E-state index contributed by atoms with van der Waals surface area (Å²) in [6.45, 7) is 7.10. The number of piperidine rings is 1. The maximum atomic E-state index is 3.76. The highest BCUT2D eigenvalue weighted by Gasteiger charge is 2.23. The molecule has 100 valence electrons. The molecule has 2 rings (SSSR count). The van der Waals surface area contributed by atoms with Gasteiger partial charge >= 0.3 is 0 Å². The second-order valence-electron chi connectivity index (χ2n) is 5.73. The van der Waals surface area contributed by atoms with E-state index in [1.807, 2.05) is 0 Å². The van der Waals surface area contributed by atoms with Crippen LogP contribution < -0.4 is 5.32 Å². The quantitative estimate of drug-likeness (QED) is 0.878. The highest BCUT2D eigenvalue weighted by molar-refractivity contribution is 5.18. The van der Waals surface area contributed by atoms with Gasteiger partial charge in [-0.3, -0.25) is 0 Å². The average molecular weight is 246 g/mol. The maximum absolute atomic E-state index is 3.76. The third-order valence-corrected chi connectivity index (χ3v) is 4.28. The molecule has 0 aliphatic carbocycles. The Morgan fingerprint density at radius 1 is 1.11 bits per heavy atom. The van der Waals surface area contributed by atoms with E-state index in [0.29, 0.717) is 12.1 Å². The summed E-state index contributed by atoms with van der Waals surface area (Å²) in [6, 6.07) is 11.8. The van der Waals surface area contributed by atoms with Crippen molar-refractivity contribution in [1.82, 2.24) is 10.2 Å². The third kappa shape index (κ3) is 3.56. The molecule has 1 fully saturated rings. The number of rotatable bonds is 4. The molecule has 0 bridgehead atoms. The van der Waals surface area contributed by atoms with Gasteiger partial charge in [-0.2, -0.15) is 0 Å².